The molecule has 0 amide bonds. The average Bonchev–Trinajstić information content (AvgIpc) is 1.41. The molecule has 0 aromatic heterocycles. The minimum atomic E-state index is 0.792. The van der Waals surface area contributed by atoms with E-state index in [2.05, 4.69) is 4.85 Å². The van der Waals surface area contributed by atoms with Crippen LogP contribution in [0.5, 0.6) is 0 Å². The first kappa shape index (κ1) is 4.49. The smallest absolute Gasteiger partial charge is 0.0870 e. The van der Waals surface area contributed by atoms with E-state index in [1.165, 1.54) is 0 Å². The molecule has 0 bridgehead atoms. The lowest BCUT2D eigenvalue weighted by atomic mass is 10.5. The lowest BCUT2D eigenvalue weighted by Crippen LogP contribution is -1.62. The quantitative estimate of drug-likeness (QED) is 0.438. The van der Waals surface area contributed by atoms with E-state index in [9.17, 15) is 0 Å². The zero-order valence-electron chi connectivity index (χ0n) is 3.44. The van der Waals surface area contributed by atoms with Gasteiger partial charge in [0.25, 0.3) is 13.1 Å². The first-order valence-electron chi connectivity index (χ1n) is 1.78. The van der Waals surface area contributed by atoms with Gasteiger partial charge in [-0.15, -0.1) is 0 Å². The molecule has 1 heteroatoms. The molecule has 0 heterocycles. The van der Waals surface area contributed by atoms with Crippen LogP contribution in [0, 0.1) is 6.57 Å². The molecule has 0 saturated carbocycles. The number of hydrogen-bond donors (Lipinski definition) is 0. The molecule has 0 rings (SSSR count). The Hall–Kier alpha value is -0.510. The normalized spacial score (nSPS) is 6.40. The molecular weight excluding hydrogens is 62.1 g/mol. The van der Waals surface area contributed by atoms with Gasteiger partial charge in [0, 0.05) is 6.42 Å². The third kappa shape index (κ3) is 3.49. The van der Waals surface area contributed by atoms with Crippen molar-refractivity contribution in [2.75, 3.05) is 6.54 Å². The summed E-state index contributed by atoms with van der Waals surface area (Å²) in [5, 5.41) is 0. The van der Waals surface area contributed by atoms with Crippen LogP contribution >= 0.6 is 0 Å². The van der Waals surface area contributed by atoms with E-state index in [0.29, 0.717) is 0 Å². The van der Waals surface area contributed by atoms with Crippen LogP contribution in [0.4, 0.5) is 0 Å². The van der Waals surface area contributed by atoms with Gasteiger partial charge < -0.3 is 0 Å². The highest BCUT2D eigenvalue weighted by Gasteiger charge is 1.74. The summed E-state index contributed by atoms with van der Waals surface area (Å²) < 4.78 is 0. The molecule has 0 fully saturated rings. The molecule has 5 heavy (non-hydrogen) atoms. The van der Waals surface area contributed by atoms with Crippen molar-refractivity contribution in [2.45, 2.75) is 13.3 Å². The molecule has 28 valence electrons. The van der Waals surface area contributed by atoms with Gasteiger partial charge in [0.2, 0.25) is 0 Å². The second-order valence-corrected chi connectivity index (χ2v) is 0.906. The highest BCUT2D eigenvalue weighted by atomic mass is 14.6. The van der Waals surface area contributed by atoms with Gasteiger partial charge in [-0.2, -0.15) is 0 Å². The maximum Gasteiger partial charge on any atom is 0.263 e. The van der Waals surface area contributed by atoms with E-state index < -0.39 is 0 Å². The van der Waals surface area contributed by atoms with Crippen molar-refractivity contribution in [3.8, 4) is 6.57 Å². The Morgan fingerprint density at radius 2 is 2.40 bits per heavy atom. The summed E-state index contributed by atoms with van der Waals surface area (Å²) in [6.07, 6.45) is 1.05. The van der Waals surface area contributed by atoms with E-state index in [1.807, 2.05) is 6.92 Å². The summed E-state index contributed by atoms with van der Waals surface area (Å²) in [5.74, 6) is 0. The number of nitrogens with zero attached hydrogens (tertiary/aromatic N) is 1. The molecule has 0 aliphatic rings. The molecule has 0 spiro atoms. The second-order valence-electron chi connectivity index (χ2n) is 0.906. The summed E-state index contributed by atoms with van der Waals surface area (Å²) >= 11 is 0. The third-order valence-corrected chi connectivity index (χ3v) is 0.353. The maximum absolute atomic E-state index is 4.76. The van der Waals surface area contributed by atoms with Gasteiger partial charge in [-0.25, -0.2) is 0 Å². The van der Waals surface area contributed by atoms with Crippen molar-refractivity contribution in [2.24, 2.45) is 0 Å². The van der Waals surface area contributed by atoms with Crippen molar-refractivity contribution in [1.29, 1.82) is 0 Å². The highest BCUT2D eigenvalue weighted by Crippen LogP contribution is 1.71. The van der Waals surface area contributed by atoms with Crippen LogP contribution in [-0.4, -0.2) is 6.54 Å². The number of hydrogen-bond acceptors (Lipinski definition) is 0. The van der Waals surface area contributed by atoms with Gasteiger partial charge in [-0.05, 0) is 0 Å². The highest BCUT2D eigenvalue weighted by molar-refractivity contribution is 4.62. The summed E-state index contributed by atoms with van der Waals surface area (Å²) in [6.45, 7) is 7.59. The van der Waals surface area contributed by atoms with Crippen LogP contribution < -0.4 is 0 Å². The molecule has 0 saturated heterocycles. The Kier molecular flexibility index (Phi) is 3.13. The van der Waals surface area contributed by atoms with Crippen molar-refractivity contribution < 1.29 is 0 Å². The maximum atomic E-state index is 4.76. The Bertz CT molecular complexity index is 42.1. The van der Waals surface area contributed by atoms with E-state index in [4.69, 9.17) is 6.57 Å². The molecule has 0 aliphatic heterocycles. The predicted molar refractivity (Wildman–Crippen MR) is 23.5 cm³/mol. The second kappa shape index (κ2) is 3.49. The van der Waals surface area contributed by atoms with Gasteiger partial charge in [-0.3, -0.25) is 0 Å². The Balaban J connectivity index is 2.48. The van der Waals surface area contributed by atoms with Crippen LogP contribution in [0.15, 0.2) is 0 Å². The first-order chi connectivity index (χ1) is 2.41. The third-order valence-electron chi connectivity index (χ3n) is 0.353. The van der Waals surface area contributed by atoms with Crippen molar-refractivity contribution >= 4 is 0 Å². The average molecular weight is 70.1 g/mol. The first-order valence-corrected chi connectivity index (χ1v) is 1.78. The van der Waals surface area contributed by atoms with E-state index >= 15 is 0 Å². The van der Waals surface area contributed by atoms with Crippen molar-refractivity contribution in [1.82, 2.24) is 0 Å². The molecule has 0 N–H and O–H groups in total. The number of rotatable bonds is 1. The molecule has 1 nitrogen and oxygen atoms in total. The standard InChI is InChI=1S/C4H8N/c1-3-4-5-2/h2H,3-4H2,1H3/q+1. The Morgan fingerprint density at radius 3 is 2.40 bits per heavy atom. The summed E-state index contributed by atoms with van der Waals surface area (Å²) in [5.41, 5.74) is 0. The topological polar surface area (TPSA) is 4.36 Å². The van der Waals surface area contributed by atoms with Gasteiger partial charge in [0.1, 0.15) is 0 Å². The van der Waals surface area contributed by atoms with Crippen LogP contribution in [-0.2, 0) is 0 Å². The van der Waals surface area contributed by atoms with Gasteiger partial charge >= 0.3 is 0 Å². The lowest BCUT2D eigenvalue weighted by molar-refractivity contribution is 1.03. The zero-order valence-corrected chi connectivity index (χ0v) is 3.44. The van der Waals surface area contributed by atoms with Gasteiger partial charge in [-0.1, -0.05) is 11.8 Å². The molecule has 0 radical (unpaired) electrons. The predicted octanol–water partition coefficient (Wildman–Crippen LogP) is 1.36. The summed E-state index contributed by atoms with van der Waals surface area (Å²) in [4.78, 5) is 3.35. The van der Waals surface area contributed by atoms with E-state index in [0.717, 1.165) is 13.0 Å². The molecular formula is C4H8N+. The fourth-order valence-electron chi connectivity index (χ4n) is 0.129. The van der Waals surface area contributed by atoms with Crippen LogP contribution in [0.1, 0.15) is 13.3 Å². The summed E-state index contributed by atoms with van der Waals surface area (Å²) in [7, 11) is 0. The molecule has 0 aromatic carbocycles. The van der Waals surface area contributed by atoms with E-state index in [-0.39, 0.29) is 0 Å². The zero-order chi connectivity index (χ0) is 4.12. The fraction of sp³-hybridized carbons (Fsp3) is 0.750. The molecule has 0 atom stereocenters. The van der Waals surface area contributed by atoms with E-state index in [1.54, 1.807) is 0 Å². The molecule has 0 unspecified atom stereocenters. The Morgan fingerprint density at radius 1 is 1.80 bits per heavy atom. The summed E-state index contributed by atoms with van der Waals surface area (Å²) in [6, 6.07) is 0. The SMILES string of the molecule is C#[N+]CCC. The van der Waals surface area contributed by atoms with Crippen LogP contribution in [0.25, 0.3) is 4.85 Å². The minimum absolute atomic E-state index is 0.792. The molecule has 0 aromatic rings. The van der Waals surface area contributed by atoms with Crippen molar-refractivity contribution in [3.63, 3.8) is 0 Å². The van der Waals surface area contributed by atoms with Crippen LogP contribution in [0.2, 0.25) is 0 Å². The lowest BCUT2D eigenvalue weighted by Gasteiger charge is -1.57. The minimum Gasteiger partial charge on any atom is -0.0870 e. The van der Waals surface area contributed by atoms with Gasteiger partial charge in [0.15, 0.2) is 0 Å². The van der Waals surface area contributed by atoms with Crippen molar-refractivity contribution in [3.05, 3.63) is 4.85 Å². The molecule has 0 aliphatic carbocycles. The fourth-order valence-corrected chi connectivity index (χ4v) is 0.129. The largest absolute Gasteiger partial charge is 0.263 e. The monoisotopic (exact) mass is 70.1 g/mol. The van der Waals surface area contributed by atoms with Crippen LogP contribution in [0.3, 0.4) is 0 Å². The Labute approximate surface area is 32.4 Å². The van der Waals surface area contributed by atoms with Gasteiger partial charge in [0.05, 0.1) is 0 Å².